The van der Waals surface area contributed by atoms with Crippen LogP contribution < -0.4 is 0 Å². The van der Waals surface area contributed by atoms with E-state index in [9.17, 15) is 0 Å². The van der Waals surface area contributed by atoms with Gasteiger partial charge in [-0.05, 0) is 12.8 Å². The minimum Gasteiger partial charge on any atom is -0.395 e. The van der Waals surface area contributed by atoms with Gasteiger partial charge in [0.1, 0.15) is 0 Å². The second-order valence-corrected chi connectivity index (χ2v) is 7.79. The lowest BCUT2D eigenvalue weighted by Gasteiger charge is -2.19. The topological polar surface area (TPSA) is 32.7 Å². The van der Waals surface area contributed by atoms with Gasteiger partial charge in [0.05, 0.1) is 13.2 Å². The Morgan fingerprint density at radius 2 is 0.962 bits per heavy atom. The van der Waals surface area contributed by atoms with Crippen LogP contribution in [0.2, 0.25) is 0 Å². The van der Waals surface area contributed by atoms with Gasteiger partial charge in [-0.15, -0.1) is 0 Å². The first-order valence-electron chi connectivity index (χ1n) is 11.8. The van der Waals surface area contributed by atoms with Crippen molar-refractivity contribution in [3.63, 3.8) is 0 Å². The van der Waals surface area contributed by atoms with Gasteiger partial charge in [0.2, 0.25) is 0 Å². The SMILES string of the molecule is CCCCCCCCCCCCCCCCCCON(CCC)CCO. The van der Waals surface area contributed by atoms with Crippen LogP contribution in [0.5, 0.6) is 0 Å². The molecule has 158 valence electrons. The van der Waals surface area contributed by atoms with Crippen molar-refractivity contribution in [1.29, 1.82) is 0 Å². The fourth-order valence-electron chi connectivity index (χ4n) is 3.45. The zero-order chi connectivity index (χ0) is 19.1. The fraction of sp³-hybridized carbons (Fsp3) is 1.00. The molecule has 26 heavy (non-hydrogen) atoms. The van der Waals surface area contributed by atoms with E-state index in [1.165, 1.54) is 96.3 Å². The molecule has 0 aromatic heterocycles. The van der Waals surface area contributed by atoms with Crippen LogP contribution in [-0.2, 0) is 4.84 Å². The minimum absolute atomic E-state index is 0.180. The number of aliphatic hydroxyl groups is 1. The molecule has 0 aromatic carbocycles. The maximum Gasteiger partial charge on any atom is 0.0685 e. The highest BCUT2D eigenvalue weighted by atomic mass is 16.7. The first-order valence-corrected chi connectivity index (χ1v) is 11.8. The molecule has 0 saturated carbocycles. The largest absolute Gasteiger partial charge is 0.395 e. The molecule has 0 amide bonds. The first-order chi connectivity index (χ1) is 12.8. The Hall–Kier alpha value is -0.120. The van der Waals surface area contributed by atoms with Crippen molar-refractivity contribution in [3.8, 4) is 0 Å². The summed E-state index contributed by atoms with van der Waals surface area (Å²) in [5.74, 6) is 0. The van der Waals surface area contributed by atoms with E-state index in [1.54, 1.807) is 0 Å². The number of hydrogen-bond donors (Lipinski definition) is 1. The molecule has 0 aliphatic carbocycles. The summed E-state index contributed by atoms with van der Waals surface area (Å²) in [5.41, 5.74) is 0. The Kier molecular flexibility index (Phi) is 22.8. The van der Waals surface area contributed by atoms with Gasteiger partial charge in [-0.3, -0.25) is 4.84 Å². The smallest absolute Gasteiger partial charge is 0.0685 e. The summed E-state index contributed by atoms with van der Waals surface area (Å²) in [6, 6.07) is 0. The summed E-state index contributed by atoms with van der Waals surface area (Å²) in [6.07, 6.45) is 23.4. The average molecular weight is 372 g/mol. The third-order valence-corrected chi connectivity index (χ3v) is 5.09. The van der Waals surface area contributed by atoms with Crippen molar-refractivity contribution < 1.29 is 9.94 Å². The van der Waals surface area contributed by atoms with Gasteiger partial charge in [-0.25, -0.2) is 0 Å². The molecule has 0 heterocycles. The van der Waals surface area contributed by atoms with Gasteiger partial charge < -0.3 is 5.11 Å². The van der Waals surface area contributed by atoms with Crippen LogP contribution in [-0.4, -0.2) is 36.5 Å². The van der Waals surface area contributed by atoms with Crippen molar-refractivity contribution in [2.45, 2.75) is 123 Å². The van der Waals surface area contributed by atoms with Crippen molar-refractivity contribution in [2.75, 3.05) is 26.3 Å². The van der Waals surface area contributed by atoms with E-state index in [0.717, 1.165) is 26.0 Å². The van der Waals surface area contributed by atoms with Crippen molar-refractivity contribution in [2.24, 2.45) is 0 Å². The number of hydroxylamine groups is 2. The molecular weight excluding hydrogens is 322 g/mol. The molecule has 0 rings (SSSR count). The van der Waals surface area contributed by atoms with Gasteiger partial charge in [0.15, 0.2) is 0 Å². The Morgan fingerprint density at radius 3 is 1.35 bits per heavy atom. The number of unbranched alkanes of at least 4 members (excludes halogenated alkanes) is 15. The second kappa shape index (κ2) is 22.9. The Bertz CT molecular complexity index is 242. The van der Waals surface area contributed by atoms with Crippen molar-refractivity contribution >= 4 is 0 Å². The summed E-state index contributed by atoms with van der Waals surface area (Å²) < 4.78 is 0. The fourth-order valence-corrected chi connectivity index (χ4v) is 3.45. The summed E-state index contributed by atoms with van der Waals surface area (Å²) in [4.78, 5) is 5.72. The second-order valence-electron chi connectivity index (χ2n) is 7.79. The highest BCUT2D eigenvalue weighted by Crippen LogP contribution is 2.13. The zero-order valence-corrected chi connectivity index (χ0v) is 18.2. The lowest BCUT2D eigenvalue weighted by Crippen LogP contribution is -2.28. The van der Waals surface area contributed by atoms with Crippen LogP contribution in [0.25, 0.3) is 0 Å². The summed E-state index contributed by atoms with van der Waals surface area (Å²) in [5, 5.41) is 10.9. The van der Waals surface area contributed by atoms with E-state index >= 15 is 0 Å². The van der Waals surface area contributed by atoms with Crippen molar-refractivity contribution in [3.05, 3.63) is 0 Å². The molecule has 0 unspecified atom stereocenters. The Balaban J connectivity index is 3.13. The van der Waals surface area contributed by atoms with E-state index in [4.69, 9.17) is 9.94 Å². The van der Waals surface area contributed by atoms with Crippen LogP contribution in [0, 0.1) is 0 Å². The standard InChI is InChI=1S/C23H49NO2/c1-3-5-6-7-8-9-10-11-12-13-14-15-16-17-18-19-23-26-24(20-4-2)21-22-25/h25H,3-23H2,1-2H3. The molecule has 0 aliphatic rings. The van der Waals surface area contributed by atoms with E-state index in [1.807, 2.05) is 5.06 Å². The summed E-state index contributed by atoms with van der Waals surface area (Å²) in [6.45, 7) is 6.96. The molecular formula is C23H49NO2. The molecule has 0 bridgehead atoms. The predicted octanol–water partition coefficient (Wildman–Crippen LogP) is 6.88. The number of rotatable bonds is 22. The van der Waals surface area contributed by atoms with Crippen LogP contribution in [0.4, 0.5) is 0 Å². The predicted molar refractivity (Wildman–Crippen MR) is 114 cm³/mol. The van der Waals surface area contributed by atoms with Gasteiger partial charge in [-0.2, -0.15) is 5.06 Å². The van der Waals surface area contributed by atoms with Gasteiger partial charge in [0, 0.05) is 13.1 Å². The quantitative estimate of drug-likeness (QED) is 0.166. The van der Waals surface area contributed by atoms with Crippen LogP contribution >= 0.6 is 0 Å². The summed E-state index contributed by atoms with van der Waals surface area (Å²) in [7, 11) is 0. The molecule has 0 aromatic rings. The minimum atomic E-state index is 0.180. The summed E-state index contributed by atoms with van der Waals surface area (Å²) >= 11 is 0. The van der Waals surface area contributed by atoms with Crippen LogP contribution in [0.3, 0.4) is 0 Å². The average Bonchev–Trinajstić information content (AvgIpc) is 2.64. The van der Waals surface area contributed by atoms with E-state index < -0.39 is 0 Å². The molecule has 0 atom stereocenters. The maximum absolute atomic E-state index is 8.99. The number of nitrogens with zero attached hydrogens (tertiary/aromatic N) is 1. The molecule has 0 spiro atoms. The number of hydrogen-bond acceptors (Lipinski definition) is 3. The number of aliphatic hydroxyl groups excluding tert-OH is 1. The van der Waals surface area contributed by atoms with Crippen LogP contribution in [0.15, 0.2) is 0 Å². The van der Waals surface area contributed by atoms with Crippen LogP contribution in [0.1, 0.15) is 123 Å². The van der Waals surface area contributed by atoms with Gasteiger partial charge >= 0.3 is 0 Å². The van der Waals surface area contributed by atoms with E-state index in [-0.39, 0.29) is 6.61 Å². The molecule has 0 aliphatic heterocycles. The molecule has 0 saturated heterocycles. The van der Waals surface area contributed by atoms with Gasteiger partial charge in [-0.1, -0.05) is 110 Å². The third-order valence-electron chi connectivity index (χ3n) is 5.09. The lowest BCUT2D eigenvalue weighted by molar-refractivity contribution is -0.164. The third kappa shape index (κ3) is 20.2. The normalized spacial score (nSPS) is 11.5. The maximum atomic E-state index is 8.99. The molecule has 0 radical (unpaired) electrons. The Morgan fingerprint density at radius 1 is 0.538 bits per heavy atom. The highest BCUT2D eigenvalue weighted by molar-refractivity contribution is 4.50. The molecule has 3 nitrogen and oxygen atoms in total. The lowest BCUT2D eigenvalue weighted by atomic mass is 10.0. The first kappa shape index (κ1) is 25.9. The Labute approximate surface area is 164 Å². The van der Waals surface area contributed by atoms with E-state index in [2.05, 4.69) is 13.8 Å². The monoisotopic (exact) mass is 371 g/mol. The molecule has 3 heteroatoms. The zero-order valence-electron chi connectivity index (χ0n) is 18.2. The van der Waals surface area contributed by atoms with E-state index in [0.29, 0.717) is 6.54 Å². The van der Waals surface area contributed by atoms with Gasteiger partial charge in [0.25, 0.3) is 0 Å². The molecule has 0 fully saturated rings. The highest BCUT2D eigenvalue weighted by Gasteiger charge is 2.02. The van der Waals surface area contributed by atoms with Crippen molar-refractivity contribution in [1.82, 2.24) is 5.06 Å². The molecule has 1 N–H and O–H groups in total.